The summed E-state index contributed by atoms with van der Waals surface area (Å²) >= 11 is 0. The summed E-state index contributed by atoms with van der Waals surface area (Å²) in [6, 6.07) is 15.0. The van der Waals surface area contributed by atoms with Gasteiger partial charge in [-0.3, -0.25) is 4.79 Å². The zero-order chi connectivity index (χ0) is 14.7. The molecular weight excluding hydrogens is 260 g/mol. The number of aromatic amines is 1. The molecule has 1 aromatic carbocycles. The summed E-state index contributed by atoms with van der Waals surface area (Å²) in [7, 11) is 0. The Morgan fingerprint density at radius 3 is 2.86 bits per heavy atom. The van der Waals surface area contributed by atoms with Gasteiger partial charge < -0.3 is 10.3 Å². The normalized spacial score (nSPS) is 19.0. The Balaban J connectivity index is 1.70. The smallest absolute Gasteiger partial charge is 0.248 e. The number of hydrogen-bond donors (Lipinski definition) is 2. The molecule has 2 aromatic rings. The Bertz CT molecular complexity index is 648. The van der Waals surface area contributed by atoms with Crippen LogP contribution in [0.5, 0.6) is 0 Å². The van der Waals surface area contributed by atoms with E-state index in [1.54, 1.807) is 6.07 Å². The minimum atomic E-state index is 0.00624. The van der Waals surface area contributed by atoms with Crippen LogP contribution in [0.1, 0.15) is 42.6 Å². The van der Waals surface area contributed by atoms with Crippen molar-refractivity contribution in [3.05, 3.63) is 69.6 Å². The van der Waals surface area contributed by atoms with Crippen molar-refractivity contribution in [2.75, 3.05) is 0 Å². The van der Waals surface area contributed by atoms with E-state index >= 15 is 0 Å². The Morgan fingerprint density at radius 2 is 2.05 bits per heavy atom. The lowest BCUT2D eigenvalue weighted by molar-refractivity contribution is 0.403. The van der Waals surface area contributed by atoms with Gasteiger partial charge in [-0.1, -0.05) is 36.4 Å². The van der Waals surface area contributed by atoms with Gasteiger partial charge in [0.15, 0.2) is 0 Å². The first-order chi connectivity index (χ1) is 10.2. The maximum atomic E-state index is 11.4. The van der Waals surface area contributed by atoms with Crippen molar-refractivity contribution in [3.63, 3.8) is 0 Å². The number of nitrogens with one attached hydrogen (secondary N) is 2. The molecule has 21 heavy (non-hydrogen) atoms. The molecule has 1 aromatic heterocycles. The average molecular weight is 282 g/mol. The topological polar surface area (TPSA) is 44.9 Å². The molecule has 0 bridgehead atoms. The number of benzene rings is 1. The zero-order valence-electron chi connectivity index (χ0n) is 12.4. The van der Waals surface area contributed by atoms with Crippen LogP contribution in [0.3, 0.4) is 0 Å². The van der Waals surface area contributed by atoms with Crippen molar-refractivity contribution in [3.8, 4) is 0 Å². The molecule has 0 amide bonds. The van der Waals surface area contributed by atoms with Crippen LogP contribution in [0, 0.1) is 0 Å². The molecule has 2 atom stereocenters. The van der Waals surface area contributed by atoms with Gasteiger partial charge in [-0.25, -0.2) is 0 Å². The average Bonchev–Trinajstić information content (AvgIpc) is 2.48. The molecule has 110 valence electrons. The van der Waals surface area contributed by atoms with Gasteiger partial charge in [0.2, 0.25) is 5.56 Å². The third-order valence-corrected chi connectivity index (χ3v) is 4.20. The largest absolute Gasteiger partial charge is 0.326 e. The van der Waals surface area contributed by atoms with Crippen LogP contribution >= 0.6 is 0 Å². The van der Waals surface area contributed by atoms with Crippen molar-refractivity contribution in [1.29, 1.82) is 0 Å². The van der Waals surface area contributed by atoms with E-state index in [-0.39, 0.29) is 5.56 Å². The van der Waals surface area contributed by atoms with Gasteiger partial charge >= 0.3 is 0 Å². The van der Waals surface area contributed by atoms with Crippen LogP contribution in [-0.4, -0.2) is 11.0 Å². The Labute approximate surface area is 125 Å². The summed E-state index contributed by atoms with van der Waals surface area (Å²) < 4.78 is 0. The van der Waals surface area contributed by atoms with E-state index in [0.717, 1.165) is 31.4 Å². The van der Waals surface area contributed by atoms with Crippen molar-refractivity contribution < 1.29 is 0 Å². The maximum Gasteiger partial charge on any atom is 0.248 e. The molecule has 0 saturated carbocycles. The van der Waals surface area contributed by atoms with E-state index in [0.29, 0.717) is 12.1 Å². The second-order valence-electron chi connectivity index (χ2n) is 5.96. The summed E-state index contributed by atoms with van der Waals surface area (Å²) in [4.78, 5) is 14.4. The minimum Gasteiger partial charge on any atom is -0.326 e. The van der Waals surface area contributed by atoms with Gasteiger partial charge in [0.25, 0.3) is 0 Å². The lowest BCUT2D eigenvalue weighted by Gasteiger charge is -2.29. The fourth-order valence-electron chi connectivity index (χ4n) is 3.24. The molecule has 3 nitrogen and oxygen atoms in total. The molecule has 1 aliphatic carbocycles. The quantitative estimate of drug-likeness (QED) is 0.905. The van der Waals surface area contributed by atoms with E-state index in [9.17, 15) is 4.79 Å². The highest BCUT2D eigenvalue weighted by Gasteiger charge is 2.21. The Morgan fingerprint density at radius 1 is 1.24 bits per heavy atom. The van der Waals surface area contributed by atoms with Crippen molar-refractivity contribution in [1.82, 2.24) is 10.3 Å². The Hall–Kier alpha value is -1.87. The minimum absolute atomic E-state index is 0.00624. The molecule has 2 unspecified atom stereocenters. The van der Waals surface area contributed by atoms with Gasteiger partial charge in [-0.2, -0.15) is 0 Å². The molecule has 3 rings (SSSR count). The molecule has 1 aliphatic rings. The summed E-state index contributed by atoms with van der Waals surface area (Å²) in [6.45, 7) is 2.23. The second kappa shape index (κ2) is 6.27. The van der Waals surface area contributed by atoms with Gasteiger partial charge in [-0.05, 0) is 43.7 Å². The molecule has 0 saturated heterocycles. The number of H-pyrrole nitrogens is 1. The van der Waals surface area contributed by atoms with Crippen LogP contribution in [-0.2, 0) is 12.8 Å². The predicted molar refractivity (Wildman–Crippen MR) is 85.5 cm³/mol. The number of pyridine rings is 1. The fraction of sp³-hybridized carbons (Fsp3) is 0.389. The van der Waals surface area contributed by atoms with E-state index < -0.39 is 0 Å². The summed E-state index contributed by atoms with van der Waals surface area (Å²) in [6.07, 6.45) is 4.27. The molecule has 0 fully saturated rings. The lowest BCUT2D eigenvalue weighted by Crippen LogP contribution is -2.35. The lowest BCUT2D eigenvalue weighted by atomic mass is 9.90. The Kier molecular flexibility index (Phi) is 4.20. The highest BCUT2D eigenvalue weighted by molar-refractivity contribution is 5.26. The van der Waals surface area contributed by atoms with Crippen molar-refractivity contribution in [2.45, 2.75) is 44.7 Å². The van der Waals surface area contributed by atoms with E-state index in [1.807, 2.05) is 6.07 Å². The maximum absolute atomic E-state index is 11.4. The second-order valence-corrected chi connectivity index (χ2v) is 5.96. The third-order valence-electron chi connectivity index (χ3n) is 4.20. The predicted octanol–water partition coefficient (Wildman–Crippen LogP) is 2.97. The van der Waals surface area contributed by atoms with Crippen molar-refractivity contribution >= 4 is 0 Å². The fourth-order valence-corrected chi connectivity index (χ4v) is 3.24. The van der Waals surface area contributed by atoms with E-state index in [4.69, 9.17) is 0 Å². The molecule has 2 N–H and O–H groups in total. The van der Waals surface area contributed by atoms with E-state index in [2.05, 4.69) is 47.6 Å². The van der Waals surface area contributed by atoms with Crippen molar-refractivity contribution in [2.24, 2.45) is 0 Å². The number of aryl methyl sites for hydroxylation is 1. The van der Waals surface area contributed by atoms with Crippen LogP contribution < -0.4 is 10.9 Å². The molecule has 0 aliphatic heterocycles. The first-order valence-corrected chi connectivity index (χ1v) is 7.74. The first kappa shape index (κ1) is 14.1. The highest BCUT2D eigenvalue weighted by Crippen LogP contribution is 2.28. The summed E-state index contributed by atoms with van der Waals surface area (Å²) in [5.74, 6) is 0. The summed E-state index contributed by atoms with van der Waals surface area (Å²) in [5, 5.41) is 3.72. The molecule has 0 spiro atoms. The highest BCUT2D eigenvalue weighted by atomic mass is 16.1. The molecular formula is C18H22N2O. The third kappa shape index (κ3) is 3.42. The van der Waals surface area contributed by atoms with Crippen LogP contribution in [0.15, 0.2) is 47.3 Å². The van der Waals surface area contributed by atoms with Gasteiger partial charge in [0.05, 0.1) is 0 Å². The van der Waals surface area contributed by atoms with E-state index in [1.165, 1.54) is 11.1 Å². The number of hydrogen-bond acceptors (Lipinski definition) is 2. The van der Waals surface area contributed by atoms with Crippen LogP contribution in [0.2, 0.25) is 0 Å². The monoisotopic (exact) mass is 282 g/mol. The standard InChI is InChI=1S/C18H22N2O/c1-13(12-14-6-3-2-4-7-14)19-16-8-5-9-17-15(16)10-11-18(21)20-17/h2-4,6-7,10-11,13,16,19H,5,8-9,12H2,1H3,(H,20,21). The molecule has 1 heterocycles. The van der Waals surface area contributed by atoms with Gasteiger partial charge in [0, 0.05) is 23.8 Å². The zero-order valence-corrected chi connectivity index (χ0v) is 12.4. The van der Waals surface area contributed by atoms with Gasteiger partial charge in [-0.15, -0.1) is 0 Å². The first-order valence-electron chi connectivity index (χ1n) is 7.74. The van der Waals surface area contributed by atoms with Gasteiger partial charge in [0.1, 0.15) is 0 Å². The molecule has 0 radical (unpaired) electrons. The molecule has 3 heteroatoms. The number of aromatic nitrogens is 1. The van der Waals surface area contributed by atoms with Crippen LogP contribution in [0.4, 0.5) is 0 Å². The SMILES string of the molecule is CC(Cc1ccccc1)NC1CCCc2[nH]c(=O)ccc21. The number of fused-ring (bicyclic) bond motifs is 1. The van der Waals surface area contributed by atoms with Crippen LogP contribution in [0.25, 0.3) is 0 Å². The summed E-state index contributed by atoms with van der Waals surface area (Å²) in [5.41, 5.74) is 3.74. The number of rotatable bonds is 4.